The standard InChI is InChI=1S/C25H24F2N6O3/c1-13(2)23-30-25(31-36-23)33-9-8-32(11-14(33)3)22-20-18(26)7-6-16(21(20)28-12-29-22)15-4-5-17(24(34)35)19(27)10-15/h4-7,10,12-14H,8-9,11H2,1-3H3,(H,34,35)/t14-/m0/s1. The van der Waals surface area contributed by atoms with Gasteiger partial charge in [0.05, 0.1) is 16.5 Å². The first-order valence-corrected chi connectivity index (χ1v) is 11.6. The second-order valence-corrected chi connectivity index (χ2v) is 9.09. The largest absolute Gasteiger partial charge is 0.478 e. The zero-order valence-electron chi connectivity index (χ0n) is 19.9. The summed E-state index contributed by atoms with van der Waals surface area (Å²) in [5.74, 6) is -1.07. The van der Waals surface area contributed by atoms with Crippen LogP contribution in [-0.2, 0) is 0 Å². The highest BCUT2D eigenvalue weighted by Gasteiger charge is 2.30. The number of piperazine rings is 1. The summed E-state index contributed by atoms with van der Waals surface area (Å²) in [5, 5.41) is 13.5. The van der Waals surface area contributed by atoms with Crippen molar-refractivity contribution >= 4 is 28.6 Å². The molecule has 1 saturated heterocycles. The lowest BCUT2D eigenvalue weighted by Gasteiger charge is -2.39. The monoisotopic (exact) mass is 494 g/mol. The topological polar surface area (TPSA) is 108 Å². The number of aromatic carboxylic acids is 1. The van der Waals surface area contributed by atoms with Crippen LogP contribution in [-0.4, -0.2) is 56.9 Å². The number of halogens is 2. The van der Waals surface area contributed by atoms with Crippen LogP contribution in [0.25, 0.3) is 22.0 Å². The summed E-state index contributed by atoms with van der Waals surface area (Å²) < 4.78 is 34.9. The molecule has 3 heterocycles. The number of anilines is 2. The number of nitrogens with zero attached hydrogens (tertiary/aromatic N) is 6. The Morgan fingerprint density at radius 2 is 1.94 bits per heavy atom. The van der Waals surface area contributed by atoms with Gasteiger partial charge < -0.3 is 19.4 Å². The van der Waals surface area contributed by atoms with Crippen molar-refractivity contribution in [1.29, 1.82) is 0 Å². The Morgan fingerprint density at radius 1 is 1.14 bits per heavy atom. The molecule has 0 radical (unpaired) electrons. The van der Waals surface area contributed by atoms with Crippen LogP contribution < -0.4 is 9.80 Å². The summed E-state index contributed by atoms with van der Waals surface area (Å²) in [6.45, 7) is 7.63. The molecule has 0 saturated carbocycles. The molecule has 1 aliphatic heterocycles. The number of carbonyl (C=O) groups is 1. The van der Waals surface area contributed by atoms with Crippen molar-refractivity contribution in [2.75, 3.05) is 29.4 Å². The summed E-state index contributed by atoms with van der Waals surface area (Å²) in [5.41, 5.74) is 0.751. The quantitative estimate of drug-likeness (QED) is 0.429. The van der Waals surface area contributed by atoms with Crippen LogP contribution in [0.3, 0.4) is 0 Å². The van der Waals surface area contributed by atoms with E-state index < -0.39 is 23.2 Å². The summed E-state index contributed by atoms with van der Waals surface area (Å²) in [7, 11) is 0. The number of aromatic nitrogens is 4. The van der Waals surface area contributed by atoms with Crippen LogP contribution in [0.15, 0.2) is 41.2 Å². The van der Waals surface area contributed by atoms with E-state index in [1.807, 2.05) is 30.6 Å². The summed E-state index contributed by atoms with van der Waals surface area (Å²) in [6.07, 6.45) is 1.35. The number of hydrogen-bond acceptors (Lipinski definition) is 8. The molecular formula is C25H24F2N6O3. The van der Waals surface area contributed by atoms with Gasteiger partial charge >= 0.3 is 5.97 Å². The highest BCUT2D eigenvalue weighted by Crippen LogP contribution is 2.35. The van der Waals surface area contributed by atoms with E-state index in [1.54, 1.807) is 0 Å². The van der Waals surface area contributed by atoms with Crippen LogP contribution in [0.2, 0.25) is 0 Å². The van der Waals surface area contributed by atoms with E-state index >= 15 is 4.39 Å². The van der Waals surface area contributed by atoms with Crippen LogP contribution in [0.5, 0.6) is 0 Å². The number of hydrogen-bond donors (Lipinski definition) is 1. The van der Waals surface area contributed by atoms with Gasteiger partial charge in [-0.15, -0.1) is 0 Å². The summed E-state index contributed by atoms with van der Waals surface area (Å²) in [4.78, 5) is 28.4. The Kier molecular flexibility index (Phi) is 5.99. The van der Waals surface area contributed by atoms with Gasteiger partial charge in [-0.1, -0.05) is 19.9 Å². The second kappa shape index (κ2) is 9.14. The fraction of sp³-hybridized carbons (Fsp3) is 0.320. The minimum atomic E-state index is -1.36. The minimum absolute atomic E-state index is 0.00900. The van der Waals surface area contributed by atoms with Crippen molar-refractivity contribution in [3.8, 4) is 11.1 Å². The first kappa shape index (κ1) is 23.6. The van der Waals surface area contributed by atoms with Gasteiger partial charge in [0.1, 0.15) is 23.8 Å². The van der Waals surface area contributed by atoms with Gasteiger partial charge in [0, 0.05) is 37.2 Å². The molecule has 0 amide bonds. The van der Waals surface area contributed by atoms with Crippen LogP contribution in [0.1, 0.15) is 42.9 Å². The molecule has 9 nitrogen and oxygen atoms in total. The zero-order chi connectivity index (χ0) is 25.6. The third-order valence-corrected chi connectivity index (χ3v) is 6.34. The van der Waals surface area contributed by atoms with Gasteiger partial charge in [0.25, 0.3) is 5.95 Å². The van der Waals surface area contributed by atoms with Gasteiger partial charge in [-0.25, -0.2) is 23.5 Å². The molecule has 4 aromatic rings. The Bertz CT molecular complexity index is 1460. The molecule has 2 aromatic carbocycles. The third-order valence-electron chi connectivity index (χ3n) is 6.34. The highest BCUT2D eigenvalue weighted by atomic mass is 19.1. The lowest BCUT2D eigenvalue weighted by atomic mass is 10.00. The molecular weight excluding hydrogens is 470 g/mol. The Balaban J connectivity index is 1.49. The highest BCUT2D eigenvalue weighted by molar-refractivity contribution is 6.00. The van der Waals surface area contributed by atoms with E-state index in [1.165, 1.54) is 30.6 Å². The maximum absolute atomic E-state index is 15.2. The number of carboxylic acid groups (broad SMARTS) is 1. The van der Waals surface area contributed by atoms with Crippen molar-refractivity contribution in [3.63, 3.8) is 0 Å². The number of rotatable bonds is 5. The molecule has 0 spiro atoms. The lowest BCUT2D eigenvalue weighted by molar-refractivity contribution is 0.0692. The minimum Gasteiger partial charge on any atom is -0.478 e. The maximum Gasteiger partial charge on any atom is 0.338 e. The summed E-state index contributed by atoms with van der Waals surface area (Å²) in [6, 6.07) is 6.58. The van der Waals surface area contributed by atoms with E-state index in [4.69, 9.17) is 9.63 Å². The predicted octanol–water partition coefficient (Wildman–Crippen LogP) is 4.49. The molecule has 186 valence electrons. The molecule has 0 aliphatic carbocycles. The molecule has 0 unspecified atom stereocenters. The summed E-state index contributed by atoms with van der Waals surface area (Å²) >= 11 is 0. The molecule has 1 fully saturated rings. The van der Waals surface area contributed by atoms with Gasteiger partial charge in [-0.2, -0.15) is 4.98 Å². The maximum atomic E-state index is 15.2. The normalized spacial score (nSPS) is 16.2. The molecule has 11 heteroatoms. The van der Waals surface area contributed by atoms with Crippen LogP contribution in [0.4, 0.5) is 20.5 Å². The number of carboxylic acids is 1. The van der Waals surface area contributed by atoms with Gasteiger partial charge in [-0.3, -0.25) is 0 Å². The van der Waals surface area contributed by atoms with Crippen LogP contribution in [0, 0.1) is 11.6 Å². The van der Waals surface area contributed by atoms with Gasteiger partial charge in [0.15, 0.2) is 0 Å². The van der Waals surface area contributed by atoms with E-state index in [0.29, 0.717) is 53.9 Å². The molecule has 1 atom stereocenters. The first-order valence-electron chi connectivity index (χ1n) is 11.6. The predicted molar refractivity (Wildman–Crippen MR) is 129 cm³/mol. The van der Waals surface area contributed by atoms with Crippen molar-refractivity contribution in [1.82, 2.24) is 20.1 Å². The van der Waals surface area contributed by atoms with E-state index in [9.17, 15) is 9.18 Å². The lowest BCUT2D eigenvalue weighted by Crippen LogP contribution is -2.52. The number of benzene rings is 2. The van der Waals surface area contributed by atoms with Crippen molar-refractivity contribution in [2.45, 2.75) is 32.7 Å². The fourth-order valence-corrected chi connectivity index (χ4v) is 4.47. The average molecular weight is 495 g/mol. The molecule has 1 aliphatic rings. The van der Waals surface area contributed by atoms with Crippen molar-refractivity contribution in [3.05, 3.63) is 59.7 Å². The molecule has 5 rings (SSSR count). The third kappa shape index (κ3) is 4.10. The Morgan fingerprint density at radius 3 is 2.61 bits per heavy atom. The smallest absolute Gasteiger partial charge is 0.338 e. The zero-order valence-corrected chi connectivity index (χ0v) is 19.9. The molecule has 2 aromatic heterocycles. The van der Waals surface area contributed by atoms with Crippen molar-refractivity contribution in [2.24, 2.45) is 0 Å². The molecule has 1 N–H and O–H groups in total. The average Bonchev–Trinajstić information content (AvgIpc) is 3.34. The second-order valence-electron chi connectivity index (χ2n) is 9.09. The van der Waals surface area contributed by atoms with E-state index in [0.717, 1.165) is 6.07 Å². The fourth-order valence-electron chi connectivity index (χ4n) is 4.47. The molecule has 0 bridgehead atoms. The van der Waals surface area contributed by atoms with Gasteiger partial charge in [-0.05, 0) is 41.9 Å². The SMILES string of the molecule is CC(C)c1nc(N2CCN(c3ncnc4c(-c5ccc(C(=O)O)c(F)c5)ccc(F)c34)C[C@@H]2C)no1. The Labute approximate surface area is 205 Å². The van der Waals surface area contributed by atoms with Crippen molar-refractivity contribution < 1.29 is 23.2 Å². The number of fused-ring (bicyclic) bond motifs is 1. The van der Waals surface area contributed by atoms with Gasteiger partial charge in [0.2, 0.25) is 5.89 Å². The Hall–Kier alpha value is -4.15. The molecule has 36 heavy (non-hydrogen) atoms. The van der Waals surface area contributed by atoms with E-state index in [2.05, 4.69) is 20.1 Å². The first-order chi connectivity index (χ1) is 17.2. The van der Waals surface area contributed by atoms with E-state index in [-0.39, 0.29) is 17.3 Å². The van der Waals surface area contributed by atoms with Crippen LogP contribution >= 0.6 is 0 Å².